The van der Waals surface area contributed by atoms with Crippen LogP contribution < -0.4 is 4.90 Å². The molecular weight excluding hydrogens is 346 g/mol. The molecule has 0 N–H and O–H groups in total. The quantitative estimate of drug-likeness (QED) is 0.707. The van der Waals surface area contributed by atoms with Gasteiger partial charge in [-0.15, -0.1) is 11.3 Å². The molecule has 3 aromatic rings. The van der Waals surface area contributed by atoms with Crippen LogP contribution >= 0.6 is 11.3 Å². The fraction of sp³-hybridized carbons (Fsp3) is 0.300. The number of carbonyl (C=O) groups is 1. The molecule has 0 spiro atoms. The molecule has 0 aliphatic carbocycles. The van der Waals surface area contributed by atoms with E-state index in [2.05, 4.69) is 34.2 Å². The van der Waals surface area contributed by atoms with E-state index in [1.807, 2.05) is 30.0 Å². The summed E-state index contributed by atoms with van der Waals surface area (Å²) in [6.45, 7) is 3.69. The monoisotopic (exact) mass is 365 g/mol. The summed E-state index contributed by atoms with van der Waals surface area (Å²) < 4.78 is 6.48. The Morgan fingerprint density at radius 2 is 2.31 bits per heavy atom. The molecule has 0 unspecified atom stereocenters. The van der Waals surface area contributed by atoms with Gasteiger partial charge in [-0.2, -0.15) is 0 Å². The van der Waals surface area contributed by atoms with Gasteiger partial charge in [0.05, 0.1) is 33.6 Å². The molecule has 1 amide bonds. The lowest BCUT2D eigenvalue weighted by atomic mass is 10.2. The first-order valence-electron chi connectivity index (χ1n) is 8.83. The lowest BCUT2D eigenvalue weighted by Crippen LogP contribution is -2.50. The summed E-state index contributed by atoms with van der Waals surface area (Å²) in [5, 5.41) is 1.06. The number of rotatable bonds is 4. The SMILES string of the molecule is Cc1nc2cc(N3C(=O)[C@@H]4C[C@H]3CN4CC=Cc3ccco3)ccc2s1. The van der Waals surface area contributed by atoms with Crippen molar-refractivity contribution in [3.05, 3.63) is 53.4 Å². The van der Waals surface area contributed by atoms with Gasteiger partial charge in [0.25, 0.3) is 0 Å². The minimum Gasteiger partial charge on any atom is -0.465 e. The molecule has 4 heterocycles. The van der Waals surface area contributed by atoms with Crippen molar-refractivity contribution in [2.45, 2.75) is 25.4 Å². The number of hydrogen-bond donors (Lipinski definition) is 0. The molecule has 5 nitrogen and oxygen atoms in total. The summed E-state index contributed by atoms with van der Waals surface area (Å²) in [7, 11) is 0. The van der Waals surface area contributed by atoms with E-state index in [9.17, 15) is 4.79 Å². The first kappa shape index (κ1) is 15.8. The molecule has 2 bridgehead atoms. The third-order valence-corrected chi connectivity index (χ3v) is 6.14. The van der Waals surface area contributed by atoms with E-state index in [1.165, 1.54) is 4.70 Å². The first-order chi connectivity index (χ1) is 12.7. The number of aromatic nitrogens is 1. The number of fused-ring (bicyclic) bond motifs is 3. The summed E-state index contributed by atoms with van der Waals surface area (Å²) in [6, 6.07) is 10.2. The van der Waals surface area contributed by atoms with E-state index in [0.717, 1.165) is 41.5 Å². The van der Waals surface area contributed by atoms with Crippen LogP contribution in [0.2, 0.25) is 0 Å². The van der Waals surface area contributed by atoms with Crippen LogP contribution in [0.25, 0.3) is 16.3 Å². The molecule has 5 rings (SSSR count). The van der Waals surface area contributed by atoms with Crippen molar-refractivity contribution < 1.29 is 9.21 Å². The van der Waals surface area contributed by atoms with E-state index >= 15 is 0 Å². The van der Waals surface area contributed by atoms with Gasteiger partial charge >= 0.3 is 0 Å². The minimum atomic E-state index is -0.0193. The van der Waals surface area contributed by atoms with Gasteiger partial charge in [-0.3, -0.25) is 9.69 Å². The number of piperazine rings is 1. The number of anilines is 1. The van der Waals surface area contributed by atoms with Crippen molar-refractivity contribution in [3.63, 3.8) is 0 Å². The van der Waals surface area contributed by atoms with Gasteiger partial charge in [-0.25, -0.2) is 4.98 Å². The smallest absolute Gasteiger partial charge is 0.244 e. The largest absolute Gasteiger partial charge is 0.465 e. The minimum absolute atomic E-state index is 0.0193. The standard InChI is InChI=1S/C20H19N3O2S/c1-13-21-17-10-14(6-7-19(17)26-13)23-15-11-18(20(23)24)22(12-15)8-2-4-16-5-3-9-25-16/h2-7,9-10,15,18H,8,11-12H2,1H3/t15-,18-/m0/s1. The first-order valence-corrected chi connectivity index (χ1v) is 9.65. The van der Waals surface area contributed by atoms with Crippen LogP contribution in [-0.2, 0) is 4.79 Å². The van der Waals surface area contributed by atoms with Crippen molar-refractivity contribution in [2.75, 3.05) is 18.0 Å². The highest BCUT2D eigenvalue weighted by Crippen LogP contribution is 2.37. The Morgan fingerprint density at radius 1 is 1.38 bits per heavy atom. The molecule has 2 fully saturated rings. The number of likely N-dealkylation sites (tertiary alicyclic amines) is 1. The summed E-state index contributed by atoms with van der Waals surface area (Å²) in [4.78, 5) is 21.7. The molecule has 132 valence electrons. The van der Waals surface area contributed by atoms with E-state index < -0.39 is 0 Å². The third-order valence-electron chi connectivity index (χ3n) is 5.19. The van der Waals surface area contributed by atoms with Crippen LogP contribution in [0.3, 0.4) is 0 Å². The highest BCUT2D eigenvalue weighted by atomic mass is 32.1. The second kappa shape index (κ2) is 6.07. The van der Waals surface area contributed by atoms with Gasteiger partial charge in [0.1, 0.15) is 5.76 Å². The van der Waals surface area contributed by atoms with Crippen LogP contribution in [0.4, 0.5) is 5.69 Å². The maximum atomic E-state index is 12.9. The zero-order valence-electron chi connectivity index (χ0n) is 14.5. The Hall–Kier alpha value is -2.44. The lowest BCUT2D eigenvalue weighted by Gasteiger charge is -2.33. The maximum Gasteiger partial charge on any atom is 0.244 e. The fourth-order valence-electron chi connectivity index (χ4n) is 4.07. The number of aryl methyl sites for hydroxylation is 1. The average Bonchev–Trinajstić information content (AvgIpc) is 3.37. The van der Waals surface area contributed by atoms with Gasteiger partial charge in [-0.05, 0) is 49.8 Å². The van der Waals surface area contributed by atoms with Gasteiger partial charge in [-0.1, -0.05) is 6.08 Å². The van der Waals surface area contributed by atoms with Crippen molar-refractivity contribution >= 4 is 39.2 Å². The highest BCUT2D eigenvalue weighted by Gasteiger charge is 2.49. The second-order valence-corrected chi connectivity index (χ2v) is 8.10. The highest BCUT2D eigenvalue weighted by molar-refractivity contribution is 7.18. The number of hydrogen-bond acceptors (Lipinski definition) is 5. The number of thiazole rings is 1. The zero-order valence-corrected chi connectivity index (χ0v) is 15.3. The predicted molar refractivity (Wildman–Crippen MR) is 103 cm³/mol. The number of furan rings is 1. The van der Waals surface area contributed by atoms with Crippen molar-refractivity contribution in [1.82, 2.24) is 9.88 Å². The number of nitrogens with zero attached hydrogens (tertiary/aromatic N) is 3. The molecule has 2 aliphatic rings. The summed E-state index contributed by atoms with van der Waals surface area (Å²) in [5.41, 5.74) is 1.96. The Balaban J connectivity index is 1.32. The molecule has 2 saturated heterocycles. The van der Waals surface area contributed by atoms with Gasteiger partial charge < -0.3 is 9.32 Å². The van der Waals surface area contributed by atoms with Crippen LogP contribution in [0, 0.1) is 6.92 Å². The maximum absolute atomic E-state index is 12.9. The fourth-order valence-corrected chi connectivity index (χ4v) is 4.88. The Bertz CT molecular complexity index is 992. The number of benzene rings is 1. The van der Waals surface area contributed by atoms with Crippen molar-refractivity contribution in [2.24, 2.45) is 0 Å². The zero-order chi connectivity index (χ0) is 17.7. The van der Waals surface area contributed by atoms with Crippen LogP contribution in [0.1, 0.15) is 17.2 Å². The van der Waals surface area contributed by atoms with Crippen LogP contribution in [0.15, 0.2) is 47.1 Å². The molecule has 0 radical (unpaired) electrons. The molecule has 26 heavy (non-hydrogen) atoms. The Morgan fingerprint density at radius 3 is 3.12 bits per heavy atom. The van der Waals surface area contributed by atoms with Gasteiger partial charge in [0.15, 0.2) is 0 Å². The Kier molecular flexibility index (Phi) is 3.69. The topological polar surface area (TPSA) is 49.6 Å². The van der Waals surface area contributed by atoms with Gasteiger partial charge in [0, 0.05) is 18.8 Å². The van der Waals surface area contributed by atoms with Gasteiger partial charge in [0.2, 0.25) is 5.91 Å². The molecule has 2 aliphatic heterocycles. The average molecular weight is 365 g/mol. The lowest BCUT2D eigenvalue weighted by molar-refractivity contribution is -0.122. The van der Waals surface area contributed by atoms with E-state index in [0.29, 0.717) is 0 Å². The van der Waals surface area contributed by atoms with Crippen molar-refractivity contribution in [1.29, 1.82) is 0 Å². The summed E-state index contributed by atoms with van der Waals surface area (Å²) >= 11 is 1.69. The third kappa shape index (κ3) is 2.57. The molecule has 2 atom stereocenters. The summed E-state index contributed by atoms with van der Waals surface area (Å²) in [6.07, 6.45) is 6.61. The number of carbonyl (C=O) groups excluding carboxylic acids is 1. The molecule has 6 heteroatoms. The normalized spacial score (nSPS) is 23.1. The molecular formula is C20H19N3O2S. The molecule has 1 aromatic carbocycles. The van der Waals surface area contributed by atoms with E-state index in [1.54, 1.807) is 17.6 Å². The summed E-state index contributed by atoms with van der Waals surface area (Å²) in [5.74, 6) is 1.05. The van der Waals surface area contributed by atoms with E-state index in [4.69, 9.17) is 4.42 Å². The van der Waals surface area contributed by atoms with Crippen molar-refractivity contribution in [3.8, 4) is 0 Å². The Labute approximate surface area is 155 Å². The second-order valence-electron chi connectivity index (χ2n) is 6.87. The van der Waals surface area contributed by atoms with Crippen LogP contribution in [0.5, 0.6) is 0 Å². The number of amides is 1. The predicted octanol–water partition coefficient (Wildman–Crippen LogP) is 3.70. The van der Waals surface area contributed by atoms with Crippen LogP contribution in [-0.4, -0.2) is 41.0 Å². The van der Waals surface area contributed by atoms with E-state index in [-0.39, 0.29) is 18.0 Å². The molecule has 0 saturated carbocycles. The molecule has 2 aromatic heterocycles.